The highest BCUT2D eigenvalue weighted by atomic mass is 32.2. The first-order valence-corrected chi connectivity index (χ1v) is 5.10. The summed E-state index contributed by atoms with van der Waals surface area (Å²) in [7, 11) is -3.70. The van der Waals surface area contributed by atoms with E-state index < -0.39 is 10.2 Å². The number of aryl methyl sites for hydroxylation is 1. The minimum absolute atomic E-state index is 0.441. The van der Waals surface area contributed by atoms with Gasteiger partial charge in [-0.2, -0.15) is 8.42 Å². The largest absolute Gasteiger partial charge is 0.399 e. The summed E-state index contributed by atoms with van der Waals surface area (Å²) in [5.74, 6) is 0. The molecule has 0 heterocycles. The molecule has 0 aromatic heterocycles. The summed E-state index contributed by atoms with van der Waals surface area (Å²) < 4.78 is 23.5. The van der Waals surface area contributed by atoms with E-state index in [1.807, 2.05) is 0 Å². The molecule has 0 fully saturated rings. The molecule has 5 nitrogen and oxygen atoms in total. The molecule has 0 saturated heterocycles. The quantitative estimate of drug-likeness (QED) is 0.596. The second-order valence-corrected chi connectivity index (χ2v) is 4.02. The maximum atomic E-state index is 10.7. The molecule has 5 N–H and O–H groups in total. The maximum Gasteiger partial charge on any atom is 0.296 e. The first kappa shape index (κ1) is 9.82. The van der Waals surface area contributed by atoms with Crippen molar-refractivity contribution >= 4 is 21.6 Å². The van der Waals surface area contributed by atoms with E-state index in [2.05, 4.69) is 4.72 Å². The molecule has 0 amide bonds. The third-order valence-electron chi connectivity index (χ3n) is 1.50. The van der Waals surface area contributed by atoms with Crippen molar-refractivity contribution in [2.24, 2.45) is 5.14 Å². The highest BCUT2D eigenvalue weighted by Gasteiger charge is 2.04. The van der Waals surface area contributed by atoms with Crippen molar-refractivity contribution in [2.75, 3.05) is 10.5 Å². The number of nitrogens with one attached hydrogen (secondary N) is 1. The van der Waals surface area contributed by atoms with Crippen molar-refractivity contribution < 1.29 is 8.42 Å². The van der Waals surface area contributed by atoms with E-state index in [4.69, 9.17) is 10.9 Å². The minimum Gasteiger partial charge on any atom is -0.399 e. The lowest BCUT2D eigenvalue weighted by Gasteiger charge is -2.07. The van der Waals surface area contributed by atoms with Gasteiger partial charge in [0.2, 0.25) is 0 Å². The van der Waals surface area contributed by atoms with Gasteiger partial charge in [0.25, 0.3) is 10.2 Å². The zero-order valence-electron chi connectivity index (χ0n) is 7.11. The number of rotatable bonds is 2. The molecule has 1 rings (SSSR count). The molecule has 13 heavy (non-hydrogen) atoms. The Labute approximate surface area is 76.9 Å². The third-order valence-corrected chi connectivity index (χ3v) is 2.01. The highest BCUT2D eigenvalue weighted by Crippen LogP contribution is 2.17. The van der Waals surface area contributed by atoms with Crippen LogP contribution in [0.2, 0.25) is 0 Å². The third kappa shape index (κ3) is 2.92. The lowest BCUT2D eigenvalue weighted by atomic mass is 10.2. The van der Waals surface area contributed by atoms with Crippen LogP contribution in [0, 0.1) is 6.92 Å². The van der Waals surface area contributed by atoms with Crippen LogP contribution in [-0.4, -0.2) is 8.42 Å². The monoisotopic (exact) mass is 201 g/mol. The summed E-state index contributed by atoms with van der Waals surface area (Å²) in [6.45, 7) is 1.74. The lowest BCUT2D eigenvalue weighted by Crippen LogP contribution is -2.22. The number of benzene rings is 1. The first-order chi connectivity index (χ1) is 5.88. The Kier molecular flexibility index (Phi) is 2.44. The van der Waals surface area contributed by atoms with Crippen LogP contribution >= 0.6 is 0 Å². The molecule has 0 unspecified atom stereocenters. The minimum atomic E-state index is -3.70. The fraction of sp³-hybridized carbons (Fsp3) is 0.143. The van der Waals surface area contributed by atoms with Crippen LogP contribution in [0.15, 0.2) is 18.2 Å². The zero-order valence-corrected chi connectivity index (χ0v) is 7.93. The summed E-state index contributed by atoms with van der Waals surface area (Å²) >= 11 is 0. The molecule has 0 aliphatic rings. The molecule has 72 valence electrons. The van der Waals surface area contributed by atoms with Crippen LogP contribution in [0.3, 0.4) is 0 Å². The summed E-state index contributed by atoms with van der Waals surface area (Å²) in [5, 5.41) is 4.80. The standard InChI is InChI=1S/C7H11N3O2S/c1-5-4-6(8)2-3-7(5)10-13(9,11)12/h2-4,10H,8H2,1H3,(H2,9,11,12). The van der Waals surface area contributed by atoms with Crippen molar-refractivity contribution in [3.63, 3.8) is 0 Å². The molecule has 0 bridgehead atoms. The molecule has 0 spiro atoms. The van der Waals surface area contributed by atoms with Gasteiger partial charge in [-0.3, -0.25) is 4.72 Å². The molecule has 0 saturated carbocycles. The molecule has 1 aromatic carbocycles. The first-order valence-electron chi connectivity index (χ1n) is 3.55. The van der Waals surface area contributed by atoms with Gasteiger partial charge in [0.15, 0.2) is 0 Å². The summed E-state index contributed by atoms with van der Waals surface area (Å²) in [6.07, 6.45) is 0. The van der Waals surface area contributed by atoms with Crippen LogP contribution in [0.1, 0.15) is 5.56 Å². The second kappa shape index (κ2) is 3.23. The summed E-state index contributed by atoms with van der Waals surface area (Å²) in [4.78, 5) is 0. The van der Waals surface area contributed by atoms with Gasteiger partial charge in [-0.15, -0.1) is 0 Å². The molecular weight excluding hydrogens is 190 g/mol. The Balaban J connectivity index is 3.04. The van der Waals surface area contributed by atoms with E-state index in [0.29, 0.717) is 11.4 Å². The van der Waals surface area contributed by atoms with Gasteiger partial charge in [0, 0.05) is 5.69 Å². The van der Waals surface area contributed by atoms with Crippen LogP contribution < -0.4 is 15.6 Å². The van der Waals surface area contributed by atoms with Crippen LogP contribution in [0.4, 0.5) is 11.4 Å². The van der Waals surface area contributed by atoms with E-state index in [1.165, 1.54) is 0 Å². The van der Waals surface area contributed by atoms with Gasteiger partial charge in [-0.05, 0) is 30.7 Å². The Morgan fingerprint density at radius 3 is 2.46 bits per heavy atom. The predicted molar refractivity (Wildman–Crippen MR) is 52.3 cm³/mol. The maximum absolute atomic E-state index is 10.7. The van der Waals surface area contributed by atoms with E-state index in [-0.39, 0.29) is 0 Å². The lowest BCUT2D eigenvalue weighted by molar-refractivity contribution is 0.603. The van der Waals surface area contributed by atoms with Crippen molar-refractivity contribution in [3.8, 4) is 0 Å². The SMILES string of the molecule is Cc1cc(N)ccc1NS(N)(=O)=O. The van der Waals surface area contributed by atoms with E-state index in [9.17, 15) is 8.42 Å². The Morgan fingerprint density at radius 2 is 2.00 bits per heavy atom. The molecule has 6 heteroatoms. The molecular formula is C7H11N3O2S. The number of hydrogen-bond acceptors (Lipinski definition) is 3. The predicted octanol–water partition coefficient (Wildman–Crippen LogP) is 0.193. The topological polar surface area (TPSA) is 98.2 Å². The Hall–Kier alpha value is -1.27. The number of anilines is 2. The number of nitrogens with two attached hydrogens (primary N) is 2. The second-order valence-electron chi connectivity index (χ2n) is 2.72. The van der Waals surface area contributed by atoms with E-state index in [0.717, 1.165) is 5.56 Å². The zero-order chi connectivity index (χ0) is 10.1. The number of nitrogen functional groups attached to an aromatic ring is 1. The van der Waals surface area contributed by atoms with E-state index in [1.54, 1.807) is 25.1 Å². The van der Waals surface area contributed by atoms with Gasteiger partial charge in [-0.1, -0.05) is 0 Å². The Bertz CT molecular complexity index is 414. The fourth-order valence-electron chi connectivity index (χ4n) is 0.955. The summed E-state index contributed by atoms with van der Waals surface area (Å²) in [5.41, 5.74) is 7.24. The van der Waals surface area contributed by atoms with Crippen molar-refractivity contribution in [1.82, 2.24) is 0 Å². The number of hydrogen-bond donors (Lipinski definition) is 3. The van der Waals surface area contributed by atoms with Crippen LogP contribution in [0.25, 0.3) is 0 Å². The smallest absolute Gasteiger partial charge is 0.296 e. The highest BCUT2D eigenvalue weighted by molar-refractivity contribution is 7.90. The van der Waals surface area contributed by atoms with Gasteiger partial charge >= 0.3 is 0 Å². The van der Waals surface area contributed by atoms with Crippen molar-refractivity contribution in [1.29, 1.82) is 0 Å². The average molecular weight is 201 g/mol. The molecule has 0 aliphatic heterocycles. The van der Waals surface area contributed by atoms with Crippen molar-refractivity contribution in [3.05, 3.63) is 23.8 Å². The normalized spacial score (nSPS) is 11.2. The molecule has 0 radical (unpaired) electrons. The van der Waals surface area contributed by atoms with Gasteiger partial charge in [-0.25, -0.2) is 5.14 Å². The Morgan fingerprint density at radius 1 is 1.38 bits per heavy atom. The molecule has 0 aliphatic carbocycles. The van der Waals surface area contributed by atoms with Crippen molar-refractivity contribution in [2.45, 2.75) is 6.92 Å². The summed E-state index contributed by atoms with van der Waals surface area (Å²) in [6, 6.07) is 4.82. The fourth-order valence-corrected chi connectivity index (χ4v) is 1.49. The molecule has 1 aromatic rings. The van der Waals surface area contributed by atoms with Gasteiger partial charge in [0.05, 0.1) is 5.69 Å². The van der Waals surface area contributed by atoms with Crippen LogP contribution in [0.5, 0.6) is 0 Å². The average Bonchev–Trinajstić information content (AvgIpc) is 1.93. The van der Waals surface area contributed by atoms with Gasteiger partial charge in [0.1, 0.15) is 0 Å². The van der Waals surface area contributed by atoms with Crippen LogP contribution in [-0.2, 0) is 10.2 Å². The molecule has 0 atom stereocenters. The van der Waals surface area contributed by atoms with Gasteiger partial charge < -0.3 is 5.73 Å². The van der Waals surface area contributed by atoms with E-state index >= 15 is 0 Å².